The van der Waals surface area contributed by atoms with Crippen LogP contribution in [0.4, 0.5) is 17.2 Å². The van der Waals surface area contributed by atoms with Gasteiger partial charge in [0.25, 0.3) is 0 Å². The first kappa shape index (κ1) is 16.1. The first-order valence-corrected chi connectivity index (χ1v) is 8.57. The number of hydrogen-bond acceptors (Lipinski definition) is 3. The highest BCUT2D eigenvalue weighted by molar-refractivity contribution is 5.95. The van der Waals surface area contributed by atoms with Crippen LogP contribution in [0.3, 0.4) is 0 Å². The van der Waals surface area contributed by atoms with Gasteiger partial charge in [0.15, 0.2) is 0 Å². The number of fused-ring (bicyclic) bond motifs is 2. The van der Waals surface area contributed by atoms with E-state index in [1.54, 1.807) is 13.1 Å². The van der Waals surface area contributed by atoms with Crippen LogP contribution in [0.2, 0.25) is 0 Å². The quantitative estimate of drug-likeness (QED) is 0.724. The molecule has 0 spiro atoms. The number of anilines is 3. The van der Waals surface area contributed by atoms with Crippen molar-refractivity contribution in [3.05, 3.63) is 83.6 Å². The maximum absolute atomic E-state index is 12.2. The van der Waals surface area contributed by atoms with Crippen molar-refractivity contribution in [1.82, 2.24) is 4.98 Å². The number of carbonyl (C=O) groups is 1. The molecule has 0 aliphatic carbocycles. The summed E-state index contributed by atoms with van der Waals surface area (Å²) in [7, 11) is 0. The number of nitrogens with one attached hydrogen (secondary N) is 1. The molecule has 4 rings (SSSR count). The molecule has 0 unspecified atom stereocenters. The number of para-hydroxylation sites is 1. The summed E-state index contributed by atoms with van der Waals surface area (Å²) in [6, 6.07) is 19.9. The van der Waals surface area contributed by atoms with Crippen molar-refractivity contribution in [3.63, 3.8) is 0 Å². The molecule has 1 aliphatic heterocycles. The van der Waals surface area contributed by atoms with E-state index in [0.717, 1.165) is 33.9 Å². The molecule has 128 valence electrons. The summed E-state index contributed by atoms with van der Waals surface area (Å²) in [5.74, 6) is 0.840. The molecule has 2 heterocycles. The van der Waals surface area contributed by atoms with Crippen molar-refractivity contribution in [2.24, 2.45) is 0 Å². The van der Waals surface area contributed by atoms with Crippen LogP contribution in [-0.4, -0.2) is 10.9 Å². The Morgan fingerprint density at radius 2 is 1.81 bits per heavy atom. The van der Waals surface area contributed by atoms with E-state index in [0.29, 0.717) is 6.54 Å². The second-order valence-corrected chi connectivity index (χ2v) is 6.25. The first-order chi connectivity index (χ1) is 12.7. The fourth-order valence-corrected chi connectivity index (χ4v) is 3.15. The predicted molar refractivity (Wildman–Crippen MR) is 106 cm³/mol. The summed E-state index contributed by atoms with van der Waals surface area (Å²) < 4.78 is 0. The van der Waals surface area contributed by atoms with Crippen LogP contribution < -0.4 is 10.2 Å². The van der Waals surface area contributed by atoms with Gasteiger partial charge in [-0.1, -0.05) is 42.5 Å². The summed E-state index contributed by atoms with van der Waals surface area (Å²) in [6.07, 6.45) is 5.93. The molecule has 4 heteroatoms. The highest BCUT2D eigenvalue weighted by atomic mass is 16.2. The number of hydrogen-bond donors (Lipinski definition) is 1. The van der Waals surface area contributed by atoms with E-state index in [-0.39, 0.29) is 5.91 Å². The van der Waals surface area contributed by atoms with Crippen LogP contribution in [0.5, 0.6) is 0 Å². The highest BCUT2D eigenvalue weighted by Crippen LogP contribution is 2.30. The number of carbonyl (C=O) groups excluding carboxylic acids is 1. The molecule has 3 aromatic rings. The van der Waals surface area contributed by atoms with Gasteiger partial charge < -0.3 is 10.2 Å². The maximum Gasteiger partial charge on any atom is 0.224 e. The van der Waals surface area contributed by atoms with Crippen LogP contribution in [0.1, 0.15) is 23.6 Å². The van der Waals surface area contributed by atoms with Crippen molar-refractivity contribution in [1.29, 1.82) is 0 Å². The molecule has 0 atom stereocenters. The molecular weight excluding hydrogens is 322 g/mol. The molecule has 26 heavy (non-hydrogen) atoms. The Morgan fingerprint density at radius 1 is 1.00 bits per heavy atom. The standard InChI is InChI=1S/C22H19N3O/c1-16(26)25-15-19-11-12-20(24-22-8-4-5-13-23-22)14-18(19)10-9-17-6-2-3-7-21(17)25/h2-14H,15H2,1H3,(H,23,24). The normalized spacial score (nSPS) is 12.6. The molecule has 4 nitrogen and oxygen atoms in total. The third-order valence-corrected chi connectivity index (χ3v) is 4.46. The van der Waals surface area contributed by atoms with E-state index < -0.39 is 0 Å². The largest absolute Gasteiger partial charge is 0.340 e. The first-order valence-electron chi connectivity index (χ1n) is 8.57. The number of amides is 1. The van der Waals surface area contributed by atoms with Crippen molar-refractivity contribution in [2.75, 3.05) is 10.2 Å². The zero-order chi connectivity index (χ0) is 17.9. The summed E-state index contributed by atoms with van der Waals surface area (Å²) in [4.78, 5) is 18.4. The lowest BCUT2D eigenvalue weighted by Crippen LogP contribution is -2.29. The van der Waals surface area contributed by atoms with Gasteiger partial charge in [0.2, 0.25) is 5.91 Å². The van der Waals surface area contributed by atoms with Crippen LogP contribution in [-0.2, 0) is 11.3 Å². The van der Waals surface area contributed by atoms with Gasteiger partial charge in [-0.05, 0) is 47.0 Å². The van der Waals surface area contributed by atoms with Crippen molar-refractivity contribution in [3.8, 4) is 0 Å². The Kier molecular flexibility index (Phi) is 4.23. The van der Waals surface area contributed by atoms with E-state index in [4.69, 9.17) is 0 Å². The van der Waals surface area contributed by atoms with Gasteiger partial charge in [0.1, 0.15) is 5.82 Å². The lowest BCUT2D eigenvalue weighted by atomic mass is 10.0. The highest BCUT2D eigenvalue weighted by Gasteiger charge is 2.18. The molecule has 0 saturated heterocycles. The lowest BCUT2D eigenvalue weighted by Gasteiger charge is -2.26. The third kappa shape index (κ3) is 3.22. The minimum Gasteiger partial charge on any atom is -0.340 e. The van der Waals surface area contributed by atoms with Crippen molar-refractivity contribution >= 4 is 35.3 Å². The smallest absolute Gasteiger partial charge is 0.224 e. The maximum atomic E-state index is 12.2. The van der Waals surface area contributed by atoms with Gasteiger partial charge in [0, 0.05) is 18.8 Å². The Labute approximate surface area is 152 Å². The molecule has 1 N–H and O–H groups in total. The van der Waals surface area contributed by atoms with Gasteiger partial charge in [-0.25, -0.2) is 4.98 Å². The average Bonchev–Trinajstić information content (AvgIpc) is 2.65. The third-order valence-electron chi connectivity index (χ3n) is 4.46. The van der Waals surface area contributed by atoms with Crippen LogP contribution in [0, 0.1) is 0 Å². The van der Waals surface area contributed by atoms with E-state index in [9.17, 15) is 4.79 Å². The number of nitrogens with zero attached hydrogens (tertiary/aromatic N) is 2. The van der Waals surface area contributed by atoms with Crippen LogP contribution in [0.15, 0.2) is 66.9 Å². The minimum atomic E-state index is 0.0365. The summed E-state index contributed by atoms with van der Waals surface area (Å²) >= 11 is 0. The summed E-state index contributed by atoms with van der Waals surface area (Å²) in [5, 5.41) is 3.32. The molecule has 1 aromatic heterocycles. The van der Waals surface area contributed by atoms with E-state index >= 15 is 0 Å². The summed E-state index contributed by atoms with van der Waals surface area (Å²) in [5.41, 5.74) is 5.15. The Balaban J connectivity index is 1.73. The molecule has 0 bridgehead atoms. The molecule has 0 fully saturated rings. The minimum absolute atomic E-state index is 0.0365. The number of rotatable bonds is 2. The second-order valence-electron chi connectivity index (χ2n) is 6.25. The van der Waals surface area contributed by atoms with Gasteiger partial charge in [-0.15, -0.1) is 0 Å². The van der Waals surface area contributed by atoms with Crippen molar-refractivity contribution in [2.45, 2.75) is 13.5 Å². The Hall–Kier alpha value is -3.40. The van der Waals surface area contributed by atoms with E-state index in [2.05, 4.69) is 34.6 Å². The van der Waals surface area contributed by atoms with E-state index in [1.807, 2.05) is 53.4 Å². The number of pyridine rings is 1. The topological polar surface area (TPSA) is 45.2 Å². The molecule has 2 aromatic carbocycles. The average molecular weight is 341 g/mol. The van der Waals surface area contributed by atoms with Crippen LogP contribution >= 0.6 is 0 Å². The monoisotopic (exact) mass is 341 g/mol. The van der Waals surface area contributed by atoms with Crippen LogP contribution in [0.25, 0.3) is 12.2 Å². The number of benzene rings is 2. The molecule has 0 saturated carbocycles. The fourth-order valence-electron chi connectivity index (χ4n) is 3.15. The van der Waals surface area contributed by atoms with E-state index in [1.165, 1.54) is 0 Å². The second kappa shape index (κ2) is 6.84. The number of aromatic nitrogens is 1. The predicted octanol–water partition coefficient (Wildman–Crippen LogP) is 4.86. The lowest BCUT2D eigenvalue weighted by molar-refractivity contribution is -0.116. The zero-order valence-electron chi connectivity index (χ0n) is 14.5. The molecule has 0 radical (unpaired) electrons. The fraction of sp³-hybridized carbons (Fsp3) is 0.0909. The summed E-state index contributed by atoms with van der Waals surface area (Å²) in [6.45, 7) is 2.16. The Bertz CT molecular complexity index is 980. The Morgan fingerprint density at radius 3 is 2.62 bits per heavy atom. The van der Waals surface area contributed by atoms with Crippen molar-refractivity contribution < 1.29 is 4.79 Å². The molecule has 1 aliphatic rings. The zero-order valence-corrected chi connectivity index (χ0v) is 14.5. The van der Waals surface area contributed by atoms with Gasteiger partial charge in [-0.3, -0.25) is 4.79 Å². The van der Waals surface area contributed by atoms with Gasteiger partial charge in [-0.2, -0.15) is 0 Å². The van der Waals surface area contributed by atoms with Gasteiger partial charge >= 0.3 is 0 Å². The molecular formula is C22H19N3O. The SMILES string of the molecule is CC(=O)N1Cc2ccc(Nc3ccccn3)cc2C=Cc2ccccc21. The molecule has 1 amide bonds. The van der Waals surface area contributed by atoms with Gasteiger partial charge in [0.05, 0.1) is 12.2 Å².